The Morgan fingerprint density at radius 2 is 1.64 bits per heavy atom. The Balaban J connectivity index is 2.31. The van der Waals surface area contributed by atoms with E-state index >= 15 is 0 Å². The maximum atomic E-state index is 2.30. The summed E-state index contributed by atoms with van der Waals surface area (Å²) in [7, 11) is 0. The normalized spacial score (nSPS) is 16.0. The Kier molecular flexibility index (Phi) is 0.803. The lowest BCUT2D eigenvalue weighted by Crippen LogP contribution is -1.92. The molecule has 0 atom stereocenters. The molecule has 1 aromatic carbocycles. The molecule has 0 heteroatoms. The summed E-state index contributed by atoms with van der Waals surface area (Å²) in [5, 5.41) is 0. The van der Waals surface area contributed by atoms with Gasteiger partial charge in [-0.05, 0) is 34.7 Å². The van der Waals surface area contributed by atoms with Crippen LogP contribution in [-0.4, -0.2) is 0 Å². The SMILES string of the molecule is C1=Cc2cc3c(cc2C1)C=C3. The monoisotopic (exact) mass is 140 g/mol. The highest BCUT2D eigenvalue weighted by atomic mass is 14.2. The first kappa shape index (κ1) is 5.36. The molecular weight excluding hydrogens is 132 g/mol. The third kappa shape index (κ3) is 0.591. The van der Waals surface area contributed by atoms with Crippen molar-refractivity contribution in [3.8, 4) is 0 Å². The highest BCUT2D eigenvalue weighted by Crippen LogP contribution is 2.30. The zero-order valence-electron chi connectivity index (χ0n) is 6.17. The van der Waals surface area contributed by atoms with Gasteiger partial charge in [-0.1, -0.05) is 30.4 Å². The van der Waals surface area contributed by atoms with Crippen molar-refractivity contribution in [2.45, 2.75) is 6.42 Å². The third-order valence-corrected chi connectivity index (χ3v) is 2.42. The van der Waals surface area contributed by atoms with Gasteiger partial charge in [0.25, 0.3) is 0 Å². The molecule has 0 radical (unpaired) electrons. The van der Waals surface area contributed by atoms with E-state index in [1.54, 1.807) is 0 Å². The second-order valence-electron chi connectivity index (χ2n) is 3.12. The standard InChI is InChI=1S/C11H8/c1-2-8-6-10-4-5-11(10)7-9(8)3-1/h1-2,4-7H,3H2. The van der Waals surface area contributed by atoms with Crippen LogP contribution in [0.4, 0.5) is 0 Å². The molecule has 0 fully saturated rings. The molecule has 1 aromatic rings. The minimum atomic E-state index is 1.12. The number of rotatable bonds is 0. The highest BCUT2D eigenvalue weighted by molar-refractivity contribution is 5.87. The van der Waals surface area contributed by atoms with E-state index in [4.69, 9.17) is 0 Å². The molecule has 0 nitrogen and oxygen atoms in total. The van der Waals surface area contributed by atoms with Crippen LogP contribution in [0.1, 0.15) is 22.3 Å². The zero-order chi connectivity index (χ0) is 7.26. The van der Waals surface area contributed by atoms with Crippen LogP contribution in [0.5, 0.6) is 0 Å². The Hall–Kier alpha value is -1.30. The molecule has 0 aliphatic heterocycles. The minimum Gasteiger partial charge on any atom is -0.0795 e. The van der Waals surface area contributed by atoms with E-state index in [0.717, 1.165) is 6.42 Å². The van der Waals surface area contributed by atoms with Crippen molar-refractivity contribution in [2.24, 2.45) is 0 Å². The van der Waals surface area contributed by atoms with Crippen molar-refractivity contribution in [2.75, 3.05) is 0 Å². The van der Waals surface area contributed by atoms with E-state index in [9.17, 15) is 0 Å². The highest BCUT2D eigenvalue weighted by Gasteiger charge is 2.11. The van der Waals surface area contributed by atoms with Crippen molar-refractivity contribution >= 4 is 18.2 Å². The van der Waals surface area contributed by atoms with Crippen LogP contribution >= 0.6 is 0 Å². The van der Waals surface area contributed by atoms with Crippen LogP contribution in [0.25, 0.3) is 18.2 Å². The fourth-order valence-electron chi connectivity index (χ4n) is 1.71. The summed E-state index contributed by atoms with van der Waals surface area (Å²) in [6.07, 6.45) is 9.90. The number of allylic oxidation sites excluding steroid dienone is 1. The van der Waals surface area contributed by atoms with Gasteiger partial charge in [0.05, 0.1) is 0 Å². The van der Waals surface area contributed by atoms with Crippen LogP contribution in [0.2, 0.25) is 0 Å². The molecule has 11 heavy (non-hydrogen) atoms. The fourth-order valence-corrected chi connectivity index (χ4v) is 1.71. The quantitative estimate of drug-likeness (QED) is 0.527. The maximum Gasteiger partial charge on any atom is -0.00880 e. The first-order chi connectivity index (χ1) is 5.43. The van der Waals surface area contributed by atoms with Gasteiger partial charge in [-0.2, -0.15) is 0 Å². The fraction of sp³-hybridized carbons (Fsp3) is 0.0909. The molecular formula is C11H8. The Morgan fingerprint density at radius 1 is 0.818 bits per heavy atom. The lowest BCUT2D eigenvalue weighted by atomic mass is 9.93. The minimum absolute atomic E-state index is 1.12. The lowest BCUT2D eigenvalue weighted by Gasteiger charge is -2.12. The number of hydrogen-bond donors (Lipinski definition) is 0. The van der Waals surface area contributed by atoms with Gasteiger partial charge in [0, 0.05) is 0 Å². The van der Waals surface area contributed by atoms with Gasteiger partial charge in [0.15, 0.2) is 0 Å². The average Bonchev–Trinajstić information content (AvgIpc) is 2.40. The summed E-state index contributed by atoms with van der Waals surface area (Å²) in [5.41, 5.74) is 5.70. The van der Waals surface area contributed by atoms with Crippen molar-refractivity contribution in [1.29, 1.82) is 0 Å². The van der Waals surface area contributed by atoms with Crippen LogP contribution in [0.15, 0.2) is 18.2 Å². The number of benzene rings is 1. The predicted octanol–water partition coefficient (Wildman–Crippen LogP) is 2.74. The van der Waals surface area contributed by atoms with Gasteiger partial charge in [-0.25, -0.2) is 0 Å². The van der Waals surface area contributed by atoms with E-state index in [2.05, 4.69) is 36.4 Å². The topological polar surface area (TPSA) is 0 Å². The molecule has 2 aliphatic carbocycles. The van der Waals surface area contributed by atoms with Crippen LogP contribution in [-0.2, 0) is 6.42 Å². The summed E-state index contributed by atoms with van der Waals surface area (Å²) in [5.74, 6) is 0. The van der Waals surface area contributed by atoms with Crippen molar-refractivity contribution in [3.63, 3.8) is 0 Å². The molecule has 0 N–H and O–H groups in total. The van der Waals surface area contributed by atoms with Gasteiger partial charge in [0.1, 0.15) is 0 Å². The number of hydrogen-bond acceptors (Lipinski definition) is 0. The third-order valence-electron chi connectivity index (χ3n) is 2.42. The molecule has 2 aliphatic rings. The molecule has 0 heterocycles. The molecule has 0 saturated heterocycles. The van der Waals surface area contributed by atoms with Crippen molar-refractivity contribution in [1.82, 2.24) is 0 Å². The molecule has 52 valence electrons. The van der Waals surface area contributed by atoms with Crippen LogP contribution in [0.3, 0.4) is 0 Å². The van der Waals surface area contributed by atoms with Crippen molar-refractivity contribution < 1.29 is 0 Å². The Morgan fingerprint density at radius 3 is 2.45 bits per heavy atom. The molecule has 0 unspecified atom stereocenters. The predicted molar refractivity (Wildman–Crippen MR) is 48.1 cm³/mol. The summed E-state index contributed by atoms with van der Waals surface area (Å²) < 4.78 is 0. The molecule has 0 bridgehead atoms. The lowest BCUT2D eigenvalue weighted by molar-refractivity contribution is 1.30. The molecule has 0 amide bonds. The van der Waals surface area contributed by atoms with Gasteiger partial charge in [-0.15, -0.1) is 0 Å². The number of fused-ring (bicyclic) bond motifs is 2. The molecule has 0 spiro atoms. The summed E-state index contributed by atoms with van der Waals surface area (Å²) in [4.78, 5) is 0. The van der Waals surface area contributed by atoms with Crippen LogP contribution in [0, 0.1) is 0 Å². The van der Waals surface area contributed by atoms with Gasteiger partial charge in [0.2, 0.25) is 0 Å². The second-order valence-corrected chi connectivity index (χ2v) is 3.12. The summed E-state index contributed by atoms with van der Waals surface area (Å²) in [6, 6.07) is 4.57. The van der Waals surface area contributed by atoms with E-state index in [1.165, 1.54) is 22.3 Å². The van der Waals surface area contributed by atoms with Gasteiger partial charge >= 0.3 is 0 Å². The summed E-state index contributed by atoms with van der Waals surface area (Å²) >= 11 is 0. The second kappa shape index (κ2) is 1.65. The zero-order valence-corrected chi connectivity index (χ0v) is 6.17. The largest absolute Gasteiger partial charge is 0.0795 e. The Bertz CT molecular complexity index is 381. The molecule has 3 rings (SSSR count). The van der Waals surface area contributed by atoms with E-state index in [-0.39, 0.29) is 0 Å². The van der Waals surface area contributed by atoms with E-state index in [1.807, 2.05) is 0 Å². The first-order valence-corrected chi connectivity index (χ1v) is 3.95. The summed E-state index contributed by atoms with van der Waals surface area (Å²) in [6.45, 7) is 0. The van der Waals surface area contributed by atoms with E-state index in [0.29, 0.717) is 0 Å². The van der Waals surface area contributed by atoms with Gasteiger partial charge < -0.3 is 0 Å². The average molecular weight is 140 g/mol. The first-order valence-electron chi connectivity index (χ1n) is 3.95. The van der Waals surface area contributed by atoms with E-state index < -0.39 is 0 Å². The van der Waals surface area contributed by atoms with Crippen molar-refractivity contribution in [3.05, 3.63) is 40.5 Å². The molecule has 0 saturated carbocycles. The Labute approximate surface area is 65.9 Å². The molecule has 0 aromatic heterocycles. The van der Waals surface area contributed by atoms with Gasteiger partial charge in [-0.3, -0.25) is 0 Å². The maximum absolute atomic E-state index is 2.30. The smallest absolute Gasteiger partial charge is 0.00880 e. The van der Waals surface area contributed by atoms with Crippen LogP contribution < -0.4 is 0 Å².